The second kappa shape index (κ2) is 9.23. The molecule has 0 aliphatic carbocycles. The van der Waals surface area contributed by atoms with Crippen molar-refractivity contribution in [2.45, 2.75) is 39.8 Å². The van der Waals surface area contributed by atoms with Crippen molar-refractivity contribution >= 4 is 6.03 Å². The largest absolute Gasteiger partial charge is 0.494 e. The van der Waals surface area contributed by atoms with Crippen LogP contribution in [0.2, 0.25) is 0 Å². The summed E-state index contributed by atoms with van der Waals surface area (Å²) in [5.41, 5.74) is 0.986. The number of hydrogen-bond donors (Lipinski definition) is 3. The first kappa shape index (κ1) is 17.3. The number of aliphatic hydroxyl groups is 1. The van der Waals surface area contributed by atoms with Gasteiger partial charge in [-0.15, -0.1) is 0 Å². The molecule has 1 aromatic carbocycles. The third-order valence-electron chi connectivity index (χ3n) is 3.22. The molecule has 1 atom stereocenters. The number of benzene rings is 1. The van der Waals surface area contributed by atoms with Crippen molar-refractivity contribution in [1.29, 1.82) is 0 Å². The highest BCUT2D eigenvalue weighted by Crippen LogP contribution is 2.13. The minimum atomic E-state index is -0.219. The fourth-order valence-corrected chi connectivity index (χ4v) is 2.02. The molecule has 0 aliphatic heterocycles. The Morgan fingerprint density at radius 1 is 1.38 bits per heavy atom. The third-order valence-corrected chi connectivity index (χ3v) is 3.22. The maximum Gasteiger partial charge on any atom is 0.315 e. The summed E-state index contributed by atoms with van der Waals surface area (Å²) in [7, 11) is 0. The summed E-state index contributed by atoms with van der Waals surface area (Å²) >= 11 is 0. The molecule has 1 rings (SSSR count). The fraction of sp³-hybridized carbons (Fsp3) is 0.562. The summed E-state index contributed by atoms with van der Waals surface area (Å²) in [4.78, 5) is 11.9. The molecule has 21 heavy (non-hydrogen) atoms. The smallest absolute Gasteiger partial charge is 0.315 e. The van der Waals surface area contributed by atoms with Gasteiger partial charge in [-0.05, 0) is 37.0 Å². The zero-order chi connectivity index (χ0) is 15.7. The average molecular weight is 294 g/mol. The Morgan fingerprint density at radius 3 is 2.76 bits per heavy atom. The molecule has 5 nitrogen and oxygen atoms in total. The lowest BCUT2D eigenvalue weighted by molar-refractivity contribution is 0.218. The summed E-state index contributed by atoms with van der Waals surface area (Å²) in [6, 6.07) is 7.41. The van der Waals surface area contributed by atoms with E-state index in [2.05, 4.69) is 10.6 Å². The van der Waals surface area contributed by atoms with Crippen LogP contribution in [0.3, 0.4) is 0 Å². The number of carbonyl (C=O) groups is 1. The summed E-state index contributed by atoms with van der Waals surface area (Å²) in [5, 5.41) is 14.7. The van der Waals surface area contributed by atoms with E-state index in [0.29, 0.717) is 19.6 Å². The van der Waals surface area contributed by atoms with E-state index in [0.717, 1.165) is 11.3 Å². The van der Waals surface area contributed by atoms with Crippen LogP contribution in [-0.2, 0) is 6.54 Å². The SMILES string of the molecule is CCOc1cccc(CNC(=O)NC(CCO)C(C)C)c1. The van der Waals surface area contributed by atoms with Crippen LogP contribution in [0.25, 0.3) is 0 Å². The molecular formula is C16H26N2O3. The van der Waals surface area contributed by atoms with Crippen LogP contribution in [0.1, 0.15) is 32.8 Å². The highest BCUT2D eigenvalue weighted by molar-refractivity contribution is 5.74. The van der Waals surface area contributed by atoms with E-state index in [-0.39, 0.29) is 24.6 Å². The summed E-state index contributed by atoms with van der Waals surface area (Å²) < 4.78 is 5.43. The molecule has 0 fully saturated rings. The summed E-state index contributed by atoms with van der Waals surface area (Å²) in [6.45, 7) is 7.11. The summed E-state index contributed by atoms with van der Waals surface area (Å²) in [6.07, 6.45) is 0.560. The Morgan fingerprint density at radius 2 is 2.14 bits per heavy atom. The van der Waals surface area contributed by atoms with Gasteiger partial charge in [0.1, 0.15) is 5.75 Å². The Balaban J connectivity index is 2.46. The van der Waals surface area contributed by atoms with Gasteiger partial charge in [0.2, 0.25) is 0 Å². The van der Waals surface area contributed by atoms with Crippen molar-refractivity contribution in [2.75, 3.05) is 13.2 Å². The number of carbonyl (C=O) groups excluding carboxylic acids is 1. The predicted molar refractivity (Wildman–Crippen MR) is 83.3 cm³/mol. The second-order valence-corrected chi connectivity index (χ2v) is 5.27. The molecule has 0 saturated carbocycles. The van der Waals surface area contributed by atoms with E-state index in [1.165, 1.54) is 0 Å². The number of aliphatic hydroxyl groups excluding tert-OH is 1. The van der Waals surface area contributed by atoms with Crippen LogP contribution < -0.4 is 15.4 Å². The number of rotatable bonds is 8. The van der Waals surface area contributed by atoms with Crippen LogP contribution >= 0.6 is 0 Å². The molecule has 118 valence electrons. The lowest BCUT2D eigenvalue weighted by Crippen LogP contribution is -2.44. The molecule has 1 unspecified atom stereocenters. The highest BCUT2D eigenvalue weighted by Gasteiger charge is 2.15. The van der Waals surface area contributed by atoms with Crippen LogP contribution in [-0.4, -0.2) is 30.4 Å². The molecule has 2 amide bonds. The Kier molecular flexibility index (Phi) is 7.61. The van der Waals surface area contributed by atoms with Gasteiger partial charge in [-0.25, -0.2) is 4.79 Å². The molecule has 0 bridgehead atoms. The molecule has 0 radical (unpaired) electrons. The summed E-state index contributed by atoms with van der Waals surface area (Å²) in [5.74, 6) is 1.08. The zero-order valence-corrected chi connectivity index (χ0v) is 13.1. The quantitative estimate of drug-likeness (QED) is 0.689. The predicted octanol–water partition coefficient (Wildman–Crippen LogP) is 2.29. The monoisotopic (exact) mass is 294 g/mol. The van der Waals surface area contributed by atoms with Crippen molar-refractivity contribution in [2.24, 2.45) is 5.92 Å². The van der Waals surface area contributed by atoms with Crippen molar-refractivity contribution < 1.29 is 14.6 Å². The van der Waals surface area contributed by atoms with Crippen molar-refractivity contribution in [3.05, 3.63) is 29.8 Å². The van der Waals surface area contributed by atoms with Gasteiger partial charge < -0.3 is 20.5 Å². The maximum atomic E-state index is 11.9. The molecular weight excluding hydrogens is 268 g/mol. The lowest BCUT2D eigenvalue weighted by atomic mass is 10.0. The molecule has 0 saturated heterocycles. The van der Waals surface area contributed by atoms with Gasteiger partial charge in [0.05, 0.1) is 6.61 Å². The number of amides is 2. The highest BCUT2D eigenvalue weighted by atomic mass is 16.5. The zero-order valence-electron chi connectivity index (χ0n) is 13.1. The fourth-order valence-electron chi connectivity index (χ4n) is 2.02. The minimum Gasteiger partial charge on any atom is -0.494 e. The number of hydrogen-bond acceptors (Lipinski definition) is 3. The van der Waals surface area contributed by atoms with Gasteiger partial charge in [-0.2, -0.15) is 0 Å². The van der Waals surface area contributed by atoms with Gasteiger partial charge in [-0.1, -0.05) is 26.0 Å². The Hall–Kier alpha value is -1.75. The van der Waals surface area contributed by atoms with Crippen molar-refractivity contribution in [3.8, 4) is 5.75 Å². The molecule has 5 heteroatoms. The van der Waals surface area contributed by atoms with E-state index in [9.17, 15) is 4.79 Å². The van der Waals surface area contributed by atoms with Crippen LogP contribution in [0.4, 0.5) is 4.79 Å². The topological polar surface area (TPSA) is 70.6 Å². The molecule has 0 spiro atoms. The van der Waals surface area contributed by atoms with Gasteiger partial charge >= 0.3 is 6.03 Å². The van der Waals surface area contributed by atoms with Gasteiger partial charge in [-0.3, -0.25) is 0 Å². The van der Waals surface area contributed by atoms with Crippen molar-refractivity contribution in [3.63, 3.8) is 0 Å². The first-order valence-electron chi connectivity index (χ1n) is 7.43. The van der Waals surface area contributed by atoms with E-state index >= 15 is 0 Å². The standard InChI is InChI=1S/C16H26N2O3/c1-4-21-14-7-5-6-13(10-14)11-17-16(20)18-15(8-9-19)12(2)3/h5-7,10,12,15,19H,4,8-9,11H2,1-3H3,(H2,17,18,20). The first-order chi connectivity index (χ1) is 10.1. The van der Waals surface area contributed by atoms with E-state index in [1.807, 2.05) is 45.0 Å². The van der Waals surface area contributed by atoms with E-state index in [4.69, 9.17) is 9.84 Å². The third kappa shape index (κ3) is 6.49. The Bertz CT molecular complexity index is 435. The normalized spacial score (nSPS) is 12.0. The van der Waals surface area contributed by atoms with E-state index < -0.39 is 0 Å². The Labute approximate surface area is 126 Å². The van der Waals surface area contributed by atoms with Crippen molar-refractivity contribution in [1.82, 2.24) is 10.6 Å². The average Bonchev–Trinajstić information content (AvgIpc) is 2.45. The van der Waals surface area contributed by atoms with Gasteiger partial charge in [0, 0.05) is 19.2 Å². The van der Waals surface area contributed by atoms with E-state index in [1.54, 1.807) is 0 Å². The molecule has 3 N–H and O–H groups in total. The van der Waals surface area contributed by atoms with Gasteiger partial charge in [0.25, 0.3) is 0 Å². The number of ether oxygens (including phenoxy) is 1. The second-order valence-electron chi connectivity index (χ2n) is 5.27. The first-order valence-corrected chi connectivity index (χ1v) is 7.43. The number of urea groups is 1. The minimum absolute atomic E-state index is 0.0234. The lowest BCUT2D eigenvalue weighted by Gasteiger charge is -2.21. The van der Waals surface area contributed by atoms with Gasteiger partial charge in [0.15, 0.2) is 0 Å². The number of nitrogens with one attached hydrogen (secondary N) is 2. The molecule has 0 heterocycles. The van der Waals surface area contributed by atoms with Crippen LogP contribution in [0.15, 0.2) is 24.3 Å². The molecule has 1 aromatic rings. The molecule has 0 aliphatic rings. The van der Waals surface area contributed by atoms with Crippen LogP contribution in [0.5, 0.6) is 5.75 Å². The van der Waals surface area contributed by atoms with Crippen LogP contribution in [0, 0.1) is 5.92 Å². The molecule has 0 aromatic heterocycles. The maximum absolute atomic E-state index is 11.9.